The van der Waals surface area contributed by atoms with Crippen LogP contribution in [0.1, 0.15) is 24.8 Å². The molecule has 0 saturated carbocycles. The molecule has 4 amide bonds. The van der Waals surface area contributed by atoms with Crippen LogP contribution in [0.3, 0.4) is 0 Å². The second-order valence-electron chi connectivity index (χ2n) is 8.48. The lowest BCUT2D eigenvalue weighted by Crippen LogP contribution is -2.50. The van der Waals surface area contributed by atoms with Gasteiger partial charge in [0.25, 0.3) is 11.8 Å². The fraction of sp³-hybridized carbons (Fsp3) is 0.214. The number of likely N-dealkylation sites (tertiary alicyclic amines) is 1. The molecule has 0 bridgehead atoms. The molecule has 190 valence electrons. The Bertz CT molecular complexity index is 1240. The van der Waals surface area contributed by atoms with Crippen molar-refractivity contribution in [2.75, 3.05) is 15.9 Å². The third-order valence-corrected chi connectivity index (χ3v) is 6.35. The van der Waals surface area contributed by atoms with Gasteiger partial charge in [-0.25, -0.2) is 14.1 Å². The number of imide groups is 1. The van der Waals surface area contributed by atoms with Crippen molar-refractivity contribution in [2.45, 2.75) is 31.9 Å². The Morgan fingerprint density at radius 2 is 1.38 bits per heavy atom. The van der Waals surface area contributed by atoms with Gasteiger partial charge in [-0.1, -0.05) is 66.7 Å². The van der Waals surface area contributed by atoms with Crippen LogP contribution in [0.4, 0.5) is 16.2 Å². The Hall–Kier alpha value is -4.17. The van der Waals surface area contributed by atoms with E-state index >= 15 is 0 Å². The van der Waals surface area contributed by atoms with Crippen molar-refractivity contribution in [2.24, 2.45) is 0 Å². The van der Waals surface area contributed by atoms with Crippen LogP contribution in [0.2, 0.25) is 0 Å². The molecule has 1 fully saturated rings. The Kier molecular flexibility index (Phi) is 8.53. The predicted octanol–water partition coefficient (Wildman–Crippen LogP) is 4.92. The fourth-order valence-corrected chi connectivity index (χ4v) is 4.32. The first-order valence-electron chi connectivity index (χ1n) is 11.9. The van der Waals surface area contributed by atoms with Gasteiger partial charge in [-0.2, -0.15) is 0 Å². The minimum absolute atomic E-state index is 0.0674. The molecule has 9 heteroatoms. The summed E-state index contributed by atoms with van der Waals surface area (Å²) < 4.78 is 6.29. The number of para-hydroxylation sites is 2. The molecule has 4 rings (SSSR count). The maximum Gasteiger partial charge on any atom is 0.410 e. The number of halogens is 1. The standard InChI is InChI=1S/C28H26ClN3O5/c29-32(23-15-8-3-9-16-23)26(34)19-25(33)31(22-13-6-2-7-14-22)27(35)24-17-10-18-30(24)28(36)37-20-21-11-4-1-5-12-21/h1-9,11-16,24H,10,17-20H2. The molecule has 0 spiro atoms. The van der Waals surface area contributed by atoms with Gasteiger partial charge in [-0.3, -0.25) is 19.3 Å². The quantitative estimate of drug-likeness (QED) is 0.326. The van der Waals surface area contributed by atoms with E-state index in [2.05, 4.69) is 0 Å². The third-order valence-electron chi connectivity index (χ3n) is 5.97. The average Bonchev–Trinajstić information content (AvgIpc) is 3.43. The summed E-state index contributed by atoms with van der Waals surface area (Å²) in [6.45, 7) is 0.390. The van der Waals surface area contributed by atoms with Crippen LogP contribution in [-0.2, 0) is 25.7 Å². The highest BCUT2D eigenvalue weighted by molar-refractivity contribution is 6.38. The van der Waals surface area contributed by atoms with E-state index in [4.69, 9.17) is 16.5 Å². The monoisotopic (exact) mass is 519 g/mol. The highest BCUT2D eigenvalue weighted by Crippen LogP contribution is 2.25. The van der Waals surface area contributed by atoms with Crippen LogP contribution in [0.5, 0.6) is 0 Å². The van der Waals surface area contributed by atoms with E-state index in [0.717, 1.165) is 14.9 Å². The largest absolute Gasteiger partial charge is 0.445 e. The summed E-state index contributed by atoms with van der Waals surface area (Å²) in [5, 5.41) is 0. The molecule has 8 nitrogen and oxygen atoms in total. The normalized spacial score (nSPS) is 14.6. The molecule has 1 aliphatic rings. The van der Waals surface area contributed by atoms with Gasteiger partial charge in [-0.05, 0) is 42.7 Å². The molecular weight excluding hydrogens is 494 g/mol. The molecular formula is C28H26ClN3O5. The van der Waals surface area contributed by atoms with Crippen molar-refractivity contribution < 1.29 is 23.9 Å². The van der Waals surface area contributed by atoms with E-state index in [0.29, 0.717) is 30.8 Å². The third kappa shape index (κ3) is 6.34. The number of hydrogen-bond donors (Lipinski definition) is 0. The summed E-state index contributed by atoms with van der Waals surface area (Å²) in [6.07, 6.45) is -0.317. The van der Waals surface area contributed by atoms with Crippen molar-refractivity contribution in [3.63, 3.8) is 0 Å². The highest BCUT2D eigenvalue weighted by atomic mass is 35.5. The van der Waals surface area contributed by atoms with Gasteiger partial charge < -0.3 is 4.74 Å². The first kappa shape index (κ1) is 25.9. The van der Waals surface area contributed by atoms with Crippen molar-refractivity contribution in [1.29, 1.82) is 0 Å². The summed E-state index contributed by atoms with van der Waals surface area (Å²) in [4.78, 5) is 55.0. The molecule has 1 atom stereocenters. The maximum atomic E-state index is 13.7. The first-order valence-corrected chi connectivity index (χ1v) is 12.2. The Labute approximate surface area is 220 Å². The highest BCUT2D eigenvalue weighted by Gasteiger charge is 2.40. The van der Waals surface area contributed by atoms with E-state index < -0.39 is 36.3 Å². The number of carbonyl (C=O) groups is 4. The molecule has 1 heterocycles. The van der Waals surface area contributed by atoms with Gasteiger partial charge >= 0.3 is 6.09 Å². The zero-order valence-electron chi connectivity index (χ0n) is 20.0. The molecule has 0 aromatic heterocycles. The number of benzene rings is 3. The smallest absolute Gasteiger partial charge is 0.410 e. The van der Waals surface area contributed by atoms with Gasteiger partial charge in [-0.15, -0.1) is 0 Å². The minimum Gasteiger partial charge on any atom is -0.445 e. The lowest BCUT2D eigenvalue weighted by molar-refractivity contribution is -0.130. The molecule has 0 aliphatic carbocycles. The molecule has 1 aliphatic heterocycles. The number of carbonyl (C=O) groups excluding carboxylic acids is 4. The zero-order valence-corrected chi connectivity index (χ0v) is 20.8. The van der Waals surface area contributed by atoms with E-state index in [1.165, 1.54) is 4.90 Å². The summed E-state index contributed by atoms with van der Waals surface area (Å²) in [5.41, 5.74) is 1.53. The Morgan fingerprint density at radius 3 is 2.00 bits per heavy atom. The molecule has 3 aromatic rings. The van der Waals surface area contributed by atoms with E-state index in [-0.39, 0.29) is 6.61 Å². The van der Waals surface area contributed by atoms with Crippen LogP contribution in [0.15, 0.2) is 91.0 Å². The van der Waals surface area contributed by atoms with Crippen molar-refractivity contribution in [3.8, 4) is 0 Å². The SMILES string of the molecule is O=C(CC(=O)N(C(=O)C1CCCN1C(=O)OCc1ccccc1)c1ccccc1)N(Cl)c1ccccc1. The van der Waals surface area contributed by atoms with Crippen LogP contribution >= 0.6 is 11.8 Å². The van der Waals surface area contributed by atoms with E-state index in [1.807, 2.05) is 30.3 Å². The van der Waals surface area contributed by atoms with Gasteiger partial charge in [0.15, 0.2) is 0 Å². The molecule has 1 saturated heterocycles. The lowest BCUT2D eigenvalue weighted by atomic mass is 10.1. The fourth-order valence-electron chi connectivity index (χ4n) is 4.15. The second kappa shape index (κ2) is 12.2. The predicted molar refractivity (Wildman–Crippen MR) is 140 cm³/mol. The van der Waals surface area contributed by atoms with Gasteiger partial charge in [0.2, 0.25) is 5.91 Å². The van der Waals surface area contributed by atoms with Gasteiger partial charge in [0, 0.05) is 18.3 Å². The average molecular weight is 520 g/mol. The number of amides is 4. The van der Waals surface area contributed by atoms with Crippen LogP contribution < -0.4 is 9.32 Å². The second-order valence-corrected chi connectivity index (χ2v) is 8.82. The molecule has 1 unspecified atom stereocenters. The summed E-state index contributed by atoms with van der Waals surface area (Å²) in [7, 11) is 0. The van der Waals surface area contributed by atoms with E-state index in [1.54, 1.807) is 60.7 Å². The van der Waals surface area contributed by atoms with Crippen molar-refractivity contribution >= 4 is 47.0 Å². The zero-order chi connectivity index (χ0) is 26.2. The Morgan fingerprint density at radius 1 is 0.811 bits per heavy atom. The number of hydrogen-bond acceptors (Lipinski definition) is 5. The summed E-state index contributed by atoms with van der Waals surface area (Å²) in [5.74, 6) is -2.02. The van der Waals surface area contributed by atoms with Crippen LogP contribution in [0.25, 0.3) is 0 Å². The van der Waals surface area contributed by atoms with Crippen LogP contribution in [-0.4, -0.2) is 41.3 Å². The first-order chi connectivity index (χ1) is 18.0. The minimum atomic E-state index is -0.899. The molecule has 0 radical (unpaired) electrons. The van der Waals surface area contributed by atoms with Crippen molar-refractivity contribution in [1.82, 2.24) is 4.90 Å². The van der Waals surface area contributed by atoms with Gasteiger partial charge in [0.1, 0.15) is 19.1 Å². The molecule has 0 N–H and O–H groups in total. The topological polar surface area (TPSA) is 87.2 Å². The number of rotatable bonds is 7. The number of anilines is 2. The molecule has 3 aromatic carbocycles. The van der Waals surface area contributed by atoms with Gasteiger partial charge in [0.05, 0.1) is 11.4 Å². The lowest BCUT2D eigenvalue weighted by Gasteiger charge is -2.29. The van der Waals surface area contributed by atoms with Crippen molar-refractivity contribution in [3.05, 3.63) is 96.6 Å². The van der Waals surface area contributed by atoms with E-state index in [9.17, 15) is 19.2 Å². The number of nitrogens with zero attached hydrogens (tertiary/aromatic N) is 3. The number of ether oxygens (including phenoxy) is 1. The summed E-state index contributed by atoms with van der Waals surface area (Å²) in [6, 6.07) is 25.1. The summed E-state index contributed by atoms with van der Waals surface area (Å²) >= 11 is 6.17. The Balaban J connectivity index is 1.50. The van der Waals surface area contributed by atoms with Crippen LogP contribution in [0, 0.1) is 0 Å². The molecule has 37 heavy (non-hydrogen) atoms. The maximum absolute atomic E-state index is 13.7.